The fourth-order valence-corrected chi connectivity index (χ4v) is 2.05. The quantitative estimate of drug-likeness (QED) is 0.636. The molecule has 0 aliphatic carbocycles. The highest BCUT2D eigenvalue weighted by molar-refractivity contribution is 5.96. The molecule has 2 aromatic heterocycles. The molecule has 0 bridgehead atoms. The van der Waals surface area contributed by atoms with Crippen LogP contribution in [0, 0.1) is 0 Å². The molecule has 90 valence electrons. The lowest BCUT2D eigenvalue weighted by Gasteiger charge is -2.10. The van der Waals surface area contributed by atoms with Crippen LogP contribution in [-0.4, -0.2) is 20.3 Å². The van der Waals surface area contributed by atoms with Crippen LogP contribution in [0.5, 0.6) is 0 Å². The van der Waals surface area contributed by atoms with E-state index in [0.717, 1.165) is 22.1 Å². The van der Waals surface area contributed by atoms with Gasteiger partial charge in [-0.25, -0.2) is 4.98 Å². The largest absolute Gasteiger partial charge is 0.398 e. The summed E-state index contributed by atoms with van der Waals surface area (Å²) >= 11 is 0. The lowest BCUT2D eigenvalue weighted by atomic mass is 9.99. The van der Waals surface area contributed by atoms with Crippen molar-refractivity contribution in [1.82, 2.24) is 15.2 Å². The van der Waals surface area contributed by atoms with Crippen LogP contribution in [0.15, 0.2) is 36.7 Å². The van der Waals surface area contributed by atoms with Crippen molar-refractivity contribution in [3.8, 4) is 11.1 Å². The number of nitrogens with zero attached hydrogens (tertiary/aromatic N) is 2. The minimum atomic E-state index is -0.0287. The van der Waals surface area contributed by atoms with E-state index in [4.69, 9.17) is 5.73 Å². The van der Waals surface area contributed by atoms with Crippen molar-refractivity contribution in [2.24, 2.45) is 0 Å². The molecule has 0 unspecified atom stereocenters. The standard InChI is InChI=1S/C13H12N4O/c14-12-10(5-15-13-11(12)6-16-17-13)9-4-2-1-3-8(9)7-18/h1-6,18H,7H2,(H3,14,15,16,17). The molecule has 0 saturated heterocycles. The summed E-state index contributed by atoms with van der Waals surface area (Å²) in [6.07, 6.45) is 3.35. The Hall–Kier alpha value is -2.40. The van der Waals surface area contributed by atoms with Crippen LogP contribution < -0.4 is 5.73 Å². The van der Waals surface area contributed by atoms with E-state index >= 15 is 0 Å². The van der Waals surface area contributed by atoms with Crippen molar-refractivity contribution in [2.45, 2.75) is 6.61 Å². The normalized spacial score (nSPS) is 10.9. The molecule has 0 aliphatic heterocycles. The predicted octanol–water partition coefficient (Wildman–Crippen LogP) is 1.70. The van der Waals surface area contributed by atoms with Crippen molar-refractivity contribution in [1.29, 1.82) is 0 Å². The molecule has 3 aromatic rings. The first-order valence-corrected chi connectivity index (χ1v) is 5.58. The van der Waals surface area contributed by atoms with Gasteiger partial charge in [0.05, 0.1) is 23.9 Å². The lowest BCUT2D eigenvalue weighted by Crippen LogP contribution is -1.96. The van der Waals surface area contributed by atoms with Gasteiger partial charge in [0.1, 0.15) is 0 Å². The molecule has 5 heteroatoms. The summed E-state index contributed by atoms with van der Waals surface area (Å²) < 4.78 is 0. The Bertz CT molecular complexity index is 705. The number of nitrogens with two attached hydrogens (primary N) is 1. The van der Waals surface area contributed by atoms with Gasteiger partial charge >= 0.3 is 0 Å². The molecular weight excluding hydrogens is 228 g/mol. The highest BCUT2D eigenvalue weighted by Gasteiger charge is 2.11. The van der Waals surface area contributed by atoms with Gasteiger partial charge in [-0.2, -0.15) is 5.10 Å². The van der Waals surface area contributed by atoms with Gasteiger partial charge in [-0.3, -0.25) is 5.10 Å². The maximum atomic E-state index is 9.36. The Labute approximate surface area is 103 Å². The van der Waals surface area contributed by atoms with E-state index in [-0.39, 0.29) is 6.61 Å². The van der Waals surface area contributed by atoms with Crippen LogP contribution in [0.4, 0.5) is 5.69 Å². The van der Waals surface area contributed by atoms with Crippen LogP contribution in [-0.2, 0) is 6.61 Å². The minimum absolute atomic E-state index is 0.0287. The fourth-order valence-electron chi connectivity index (χ4n) is 2.05. The second kappa shape index (κ2) is 4.12. The number of nitrogens with one attached hydrogen (secondary N) is 1. The average Bonchev–Trinajstić information content (AvgIpc) is 2.88. The maximum absolute atomic E-state index is 9.36. The number of aliphatic hydroxyl groups is 1. The Kier molecular flexibility index (Phi) is 2.46. The van der Waals surface area contributed by atoms with Crippen LogP contribution in [0.25, 0.3) is 22.2 Å². The number of aliphatic hydroxyl groups excluding tert-OH is 1. The first kappa shape index (κ1) is 10.7. The van der Waals surface area contributed by atoms with Crippen molar-refractivity contribution >= 4 is 16.7 Å². The van der Waals surface area contributed by atoms with Gasteiger partial charge in [0.15, 0.2) is 5.65 Å². The van der Waals surface area contributed by atoms with E-state index in [0.29, 0.717) is 11.3 Å². The molecule has 0 saturated carbocycles. The van der Waals surface area contributed by atoms with E-state index in [2.05, 4.69) is 15.2 Å². The maximum Gasteiger partial charge on any atom is 0.157 e. The molecule has 0 fully saturated rings. The number of benzene rings is 1. The van der Waals surface area contributed by atoms with Gasteiger partial charge in [0, 0.05) is 11.8 Å². The molecule has 1 aromatic carbocycles. The molecular formula is C13H12N4O. The van der Waals surface area contributed by atoms with Crippen molar-refractivity contribution in [3.05, 3.63) is 42.2 Å². The Morgan fingerprint density at radius 3 is 2.83 bits per heavy atom. The van der Waals surface area contributed by atoms with Gasteiger partial charge in [-0.15, -0.1) is 0 Å². The summed E-state index contributed by atoms with van der Waals surface area (Å²) in [6, 6.07) is 7.59. The SMILES string of the molecule is Nc1c(-c2ccccc2CO)cnc2[nH]ncc12. The first-order chi connectivity index (χ1) is 8.81. The summed E-state index contributed by atoms with van der Waals surface area (Å²) in [6.45, 7) is -0.0287. The van der Waals surface area contributed by atoms with E-state index in [9.17, 15) is 5.11 Å². The minimum Gasteiger partial charge on any atom is -0.398 e. The number of anilines is 1. The third-order valence-electron chi connectivity index (χ3n) is 3.00. The monoisotopic (exact) mass is 240 g/mol. The molecule has 0 spiro atoms. The van der Waals surface area contributed by atoms with E-state index in [1.807, 2.05) is 24.3 Å². The van der Waals surface area contributed by atoms with Crippen LogP contribution in [0.3, 0.4) is 0 Å². The molecule has 0 atom stereocenters. The van der Waals surface area contributed by atoms with Crippen LogP contribution in [0.1, 0.15) is 5.56 Å². The molecule has 5 nitrogen and oxygen atoms in total. The van der Waals surface area contributed by atoms with Gasteiger partial charge in [-0.05, 0) is 11.1 Å². The molecule has 4 N–H and O–H groups in total. The number of hydrogen-bond donors (Lipinski definition) is 3. The predicted molar refractivity (Wildman–Crippen MR) is 69.7 cm³/mol. The number of nitrogen functional groups attached to an aromatic ring is 1. The smallest absolute Gasteiger partial charge is 0.157 e. The Morgan fingerprint density at radius 1 is 1.17 bits per heavy atom. The van der Waals surface area contributed by atoms with Gasteiger partial charge in [0.2, 0.25) is 0 Å². The average molecular weight is 240 g/mol. The van der Waals surface area contributed by atoms with E-state index in [1.165, 1.54) is 0 Å². The van der Waals surface area contributed by atoms with Gasteiger partial charge < -0.3 is 10.8 Å². The number of aromatic amines is 1. The number of fused-ring (bicyclic) bond motifs is 1. The summed E-state index contributed by atoms with van der Waals surface area (Å²) in [5.41, 5.74) is 9.96. The Morgan fingerprint density at radius 2 is 2.00 bits per heavy atom. The summed E-state index contributed by atoms with van der Waals surface area (Å²) in [5.74, 6) is 0. The Balaban J connectivity index is 2.28. The highest BCUT2D eigenvalue weighted by atomic mass is 16.3. The topological polar surface area (TPSA) is 87.8 Å². The number of pyridine rings is 1. The van der Waals surface area contributed by atoms with Crippen molar-refractivity contribution in [3.63, 3.8) is 0 Å². The molecule has 0 amide bonds. The van der Waals surface area contributed by atoms with E-state index < -0.39 is 0 Å². The zero-order valence-corrected chi connectivity index (χ0v) is 9.59. The molecule has 18 heavy (non-hydrogen) atoms. The highest BCUT2D eigenvalue weighted by Crippen LogP contribution is 2.32. The summed E-state index contributed by atoms with van der Waals surface area (Å²) in [4.78, 5) is 4.27. The third kappa shape index (κ3) is 1.53. The lowest BCUT2D eigenvalue weighted by molar-refractivity contribution is 0.282. The van der Waals surface area contributed by atoms with Crippen molar-refractivity contribution in [2.75, 3.05) is 5.73 Å². The van der Waals surface area contributed by atoms with Gasteiger partial charge in [0.25, 0.3) is 0 Å². The van der Waals surface area contributed by atoms with Crippen LogP contribution in [0.2, 0.25) is 0 Å². The fraction of sp³-hybridized carbons (Fsp3) is 0.0769. The summed E-state index contributed by atoms with van der Waals surface area (Å²) in [7, 11) is 0. The molecule has 3 rings (SSSR count). The van der Waals surface area contributed by atoms with E-state index in [1.54, 1.807) is 12.4 Å². The first-order valence-electron chi connectivity index (χ1n) is 5.58. The number of H-pyrrole nitrogens is 1. The molecule has 0 aliphatic rings. The molecule has 2 heterocycles. The number of aromatic nitrogens is 3. The zero-order valence-electron chi connectivity index (χ0n) is 9.59. The number of hydrogen-bond acceptors (Lipinski definition) is 4. The van der Waals surface area contributed by atoms with Crippen LogP contribution >= 0.6 is 0 Å². The zero-order chi connectivity index (χ0) is 12.5. The number of rotatable bonds is 2. The van der Waals surface area contributed by atoms with Gasteiger partial charge in [-0.1, -0.05) is 24.3 Å². The summed E-state index contributed by atoms with van der Waals surface area (Å²) in [5, 5.41) is 16.9. The molecule has 0 radical (unpaired) electrons. The third-order valence-corrected chi connectivity index (χ3v) is 3.00. The second-order valence-corrected chi connectivity index (χ2v) is 4.03. The van der Waals surface area contributed by atoms with Crippen molar-refractivity contribution < 1.29 is 5.11 Å². The second-order valence-electron chi connectivity index (χ2n) is 4.03.